The van der Waals surface area contributed by atoms with Crippen molar-refractivity contribution in [2.45, 2.75) is 64.6 Å². The average molecular weight is 605 g/mol. The molecule has 2 atom stereocenters. The molecule has 0 saturated carbocycles. The predicted octanol–water partition coefficient (Wildman–Crippen LogP) is 6.14. The molecule has 3 rings (SSSR count). The third kappa shape index (κ3) is 7.77. The Morgan fingerprint density at radius 3 is 2.00 bits per heavy atom. The maximum absolute atomic E-state index is 14.0. The van der Waals surface area contributed by atoms with Crippen molar-refractivity contribution in [3.05, 3.63) is 93.5 Å². The number of nitrogens with zero attached hydrogens (tertiary/aromatic N) is 2. The number of rotatable bonds is 11. The van der Waals surface area contributed by atoms with Gasteiger partial charge in [0.1, 0.15) is 12.6 Å². The highest BCUT2D eigenvalue weighted by molar-refractivity contribution is 7.92. The molecule has 10 heteroatoms. The van der Waals surface area contributed by atoms with Crippen LogP contribution in [0.5, 0.6) is 0 Å². The largest absolute Gasteiger partial charge is 0.352 e. The highest BCUT2D eigenvalue weighted by Crippen LogP contribution is 2.27. The number of aryl methyl sites for hydroxylation is 2. The summed E-state index contributed by atoms with van der Waals surface area (Å²) in [6.45, 7) is 8.86. The van der Waals surface area contributed by atoms with Gasteiger partial charge in [-0.15, -0.1) is 0 Å². The van der Waals surface area contributed by atoms with E-state index in [1.54, 1.807) is 43.3 Å². The second kappa shape index (κ2) is 13.5. The van der Waals surface area contributed by atoms with Gasteiger partial charge in [0.25, 0.3) is 10.0 Å². The zero-order chi connectivity index (χ0) is 29.6. The minimum Gasteiger partial charge on any atom is -0.352 e. The summed E-state index contributed by atoms with van der Waals surface area (Å²) in [7, 11) is -4.17. The topological polar surface area (TPSA) is 86.8 Å². The fourth-order valence-electron chi connectivity index (χ4n) is 3.98. The van der Waals surface area contributed by atoms with Crippen LogP contribution in [-0.4, -0.2) is 43.8 Å². The van der Waals surface area contributed by atoms with E-state index in [1.807, 2.05) is 33.8 Å². The lowest BCUT2D eigenvalue weighted by Gasteiger charge is -2.32. The molecule has 0 radical (unpaired) electrons. The van der Waals surface area contributed by atoms with Gasteiger partial charge in [0.15, 0.2) is 0 Å². The van der Waals surface area contributed by atoms with E-state index in [4.69, 9.17) is 23.2 Å². The molecular formula is C30H35Cl2N3O4S. The van der Waals surface area contributed by atoms with Crippen molar-refractivity contribution in [1.29, 1.82) is 0 Å². The molecule has 0 aliphatic rings. The fraction of sp³-hybridized carbons (Fsp3) is 0.333. The maximum atomic E-state index is 14.0. The van der Waals surface area contributed by atoms with Gasteiger partial charge in [-0.25, -0.2) is 8.42 Å². The number of hydrogen-bond acceptors (Lipinski definition) is 4. The van der Waals surface area contributed by atoms with Crippen LogP contribution in [0.25, 0.3) is 0 Å². The first-order chi connectivity index (χ1) is 18.8. The van der Waals surface area contributed by atoms with Gasteiger partial charge in [-0.05, 0) is 99.3 Å². The van der Waals surface area contributed by atoms with E-state index in [0.717, 1.165) is 27.4 Å². The Morgan fingerprint density at radius 2 is 1.45 bits per heavy atom. The number of nitrogens with one attached hydrogen (secondary N) is 1. The highest BCUT2D eigenvalue weighted by atomic mass is 35.5. The Hall–Kier alpha value is -3.07. The zero-order valence-corrected chi connectivity index (χ0v) is 25.6. The van der Waals surface area contributed by atoms with Crippen molar-refractivity contribution >= 4 is 50.7 Å². The summed E-state index contributed by atoms with van der Waals surface area (Å²) < 4.78 is 28.9. The first-order valence-corrected chi connectivity index (χ1v) is 15.2. The molecule has 0 aromatic heterocycles. The molecule has 7 nitrogen and oxygen atoms in total. The first kappa shape index (κ1) is 31.5. The lowest BCUT2D eigenvalue weighted by molar-refractivity contribution is -0.139. The van der Waals surface area contributed by atoms with Crippen LogP contribution in [0.2, 0.25) is 10.0 Å². The molecule has 2 amide bonds. The smallest absolute Gasteiger partial charge is 0.264 e. The number of sulfonamides is 1. The standard InChI is InChI=1S/C30H35Cl2N3O4S/c1-6-22(4)33-30(37)23(5)34(18-24-8-10-25(31)11-9-24)29(36)19-35(27-14-7-20(2)21(3)17-27)40(38,39)28-15-12-26(32)13-16-28/h7-17,22-23H,6,18-19H2,1-5H3,(H,33,37)/t22-,23+/m1/s1. The molecule has 1 N–H and O–H groups in total. The molecule has 3 aromatic carbocycles. The van der Waals surface area contributed by atoms with Crippen LogP contribution in [-0.2, 0) is 26.2 Å². The third-order valence-corrected chi connectivity index (χ3v) is 9.19. The van der Waals surface area contributed by atoms with Crippen LogP contribution >= 0.6 is 23.2 Å². The van der Waals surface area contributed by atoms with Crippen molar-refractivity contribution in [2.75, 3.05) is 10.8 Å². The molecule has 0 bridgehead atoms. The summed E-state index contributed by atoms with van der Waals surface area (Å²) >= 11 is 12.1. The van der Waals surface area contributed by atoms with Crippen molar-refractivity contribution in [3.8, 4) is 0 Å². The minimum absolute atomic E-state index is 0.00487. The lowest BCUT2D eigenvalue weighted by Crippen LogP contribution is -2.52. The van der Waals surface area contributed by atoms with Gasteiger partial charge in [0.2, 0.25) is 11.8 Å². The molecule has 0 saturated heterocycles. The summed E-state index contributed by atoms with van der Waals surface area (Å²) in [6.07, 6.45) is 0.726. The van der Waals surface area contributed by atoms with E-state index in [0.29, 0.717) is 15.7 Å². The van der Waals surface area contributed by atoms with Crippen LogP contribution in [0.1, 0.15) is 43.9 Å². The van der Waals surface area contributed by atoms with Crippen molar-refractivity contribution in [1.82, 2.24) is 10.2 Å². The van der Waals surface area contributed by atoms with Crippen LogP contribution in [0, 0.1) is 13.8 Å². The van der Waals surface area contributed by atoms with Crippen molar-refractivity contribution in [2.24, 2.45) is 0 Å². The lowest BCUT2D eigenvalue weighted by atomic mass is 10.1. The predicted molar refractivity (Wildman–Crippen MR) is 161 cm³/mol. The summed E-state index contributed by atoms with van der Waals surface area (Å²) in [6, 6.07) is 17.0. The molecular weight excluding hydrogens is 569 g/mol. The van der Waals surface area contributed by atoms with Gasteiger partial charge in [-0.2, -0.15) is 0 Å². The second-order valence-corrected chi connectivity index (χ2v) is 12.6. The Kier molecular flexibility index (Phi) is 10.6. The normalized spacial score (nSPS) is 12.9. The number of benzene rings is 3. The molecule has 0 spiro atoms. The van der Waals surface area contributed by atoms with Gasteiger partial charge in [-0.1, -0.05) is 48.3 Å². The maximum Gasteiger partial charge on any atom is 0.264 e. The van der Waals surface area contributed by atoms with Gasteiger partial charge in [0.05, 0.1) is 10.6 Å². The van der Waals surface area contributed by atoms with E-state index in [1.165, 1.54) is 29.2 Å². The monoisotopic (exact) mass is 603 g/mol. The number of carbonyl (C=O) groups is 2. The molecule has 3 aromatic rings. The number of halogens is 2. The number of anilines is 1. The summed E-state index contributed by atoms with van der Waals surface area (Å²) in [5, 5.41) is 3.85. The van der Waals surface area contributed by atoms with Gasteiger partial charge in [0, 0.05) is 22.6 Å². The van der Waals surface area contributed by atoms with E-state index in [9.17, 15) is 18.0 Å². The van der Waals surface area contributed by atoms with E-state index in [-0.39, 0.29) is 23.4 Å². The minimum atomic E-state index is -4.17. The third-order valence-electron chi connectivity index (χ3n) is 6.89. The zero-order valence-electron chi connectivity index (χ0n) is 23.3. The molecule has 0 fully saturated rings. The SMILES string of the molecule is CC[C@@H](C)NC(=O)[C@H](C)N(Cc1ccc(Cl)cc1)C(=O)CN(c1ccc(C)c(C)c1)S(=O)(=O)c1ccc(Cl)cc1. The van der Waals surface area contributed by atoms with E-state index < -0.39 is 28.5 Å². The Labute approximate surface area is 247 Å². The van der Waals surface area contributed by atoms with Crippen molar-refractivity contribution in [3.63, 3.8) is 0 Å². The van der Waals surface area contributed by atoms with Crippen LogP contribution in [0.15, 0.2) is 71.6 Å². The van der Waals surface area contributed by atoms with Crippen LogP contribution in [0.4, 0.5) is 5.69 Å². The molecule has 0 heterocycles. The number of amides is 2. The Bertz CT molecular complexity index is 1440. The van der Waals surface area contributed by atoms with E-state index >= 15 is 0 Å². The highest BCUT2D eigenvalue weighted by Gasteiger charge is 2.33. The fourth-order valence-corrected chi connectivity index (χ4v) is 5.64. The Balaban J connectivity index is 2.04. The molecule has 40 heavy (non-hydrogen) atoms. The van der Waals surface area contributed by atoms with Crippen LogP contribution < -0.4 is 9.62 Å². The Morgan fingerprint density at radius 1 is 0.875 bits per heavy atom. The van der Waals surface area contributed by atoms with Crippen LogP contribution in [0.3, 0.4) is 0 Å². The quantitative estimate of drug-likeness (QED) is 0.285. The summed E-state index contributed by atoms with van der Waals surface area (Å²) in [5.41, 5.74) is 2.95. The summed E-state index contributed by atoms with van der Waals surface area (Å²) in [4.78, 5) is 28.5. The first-order valence-electron chi connectivity index (χ1n) is 13.0. The molecule has 0 unspecified atom stereocenters. The van der Waals surface area contributed by atoms with E-state index in [2.05, 4.69) is 5.32 Å². The summed E-state index contributed by atoms with van der Waals surface area (Å²) in [5.74, 6) is -0.854. The van der Waals surface area contributed by atoms with Crippen molar-refractivity contribution < 1.29 is 18.0 Å². The molecule has 0 aliphatic carbocycles. The molecule has 0 aliphatic heterocycles. The number of carbonyl (C=O) groups excluding carboxylic acids is 2. The van der Waals surface area contributed by atoms with Gasteiger partial charge >= 0.3 is 0 Å². The average Bonchev–Trinajstić information content (AvgIpc) is 2.92. The molecule has 214 valence electrons. The van der Waals surface area contributed by atoms with Gasteiger partial charge < -0.3 is 10.2 Å². The number of hydrogen-bond donors (Lipinski definition) is 1. The second-order valence-electron chi connectivity index (χ2n) is 9.88. The van der Waals surface area contributed by atoms with Gasteiger partial charge in [-0.3, -0.25) is 13.9 Å².